The minimum Gasteiger partial charge on any atom is -0.353 e. The molecule has 0 saturated carbocycles. The van der Waals surface area contributed by atoms with Crippen LogP contribution in [-0.2, 0) is 21.1 Å². The zero-order valence-corrected chi connectivity index (χ0v) is 24.5. The van der Waals surface area contributed by atoms with Gasteiger partial charge in [-0.2, -0.15) is 5.10 Å². The lowest BCUT2D eigenvalue weighted by Gasteiger charge is -2.08. The molecule has 43 heavy (non-hydrogen) atoms. The van der Waals surface area contributed by atoms with E-state index in [2.05, 4.69) is 30.5 Å². The summed E-state index contributed by atoms with van der Waals surface area (Å²) in [6.07, 6.45) is 6.27. The Morgan fingerprint density at radius 1 is 1.00 bits per heavy atom. The van der Waals surface area contributed by atoms with E-state index in [1.807, 2.05) is 44.2 Å². The molecule has 0 aliphatic heterocycles. The number of aromatic nitrogens is 6. The number of carbonyl (C=O) groups is 1. The van der Waals surface area contributed by atoms with Gasteiger partial charge < -0.3 is 10.3 Å². The molecular weight excluding hydrogens is 569 g/mol. The normalized spacial score (nSPS) is 11.9. The minimum atomic E-state index is -3.20. The molecule has 6 aromatic rings. The van der Waals surface area contributed by atoms with E-state index in [0.29, 0.717) is 45.1 Å². The number of benzene rings is 1. The van der Waals surface area contributed by atoms with Crippen molar-refractivity contribution in [2.75, 3.05) is 17.3 Å². The van der Waals surface area contributed by atoms with Crippen LogP contribution in [0.5, 0.6) is 0 Å². The molecule has 0 bridgehead atoms. The Kier molecular flexibility index (Phi) is 7.22. The van der Waals surface area contributed by atoms with E-state index in [1.165, 1.54) is 12.1 Å². The fraction of sp³-hybridized carbons (Fsp3) is 0.194. The van der Waals surface area contributed by atoms with E-state index in [0.717, 1.165) is 28.2 Å². The number of fused-ring (bicyclic) bond motifs is 2. The van der Waals surface area contributed by atoms with Gasteiger partial charge in [0.25, 0.3) is 0 Å². The quantitative estimate of drug-likeness (QED) is 0.208. The first-order chi connectivity index (χ1) is 20.5. The summed E-state index contributed by atoms with van der Waals surface area (Å²) in [4.78, 5) is 29.2. The number of carbonyl (C=O) groups excluding carboxylic acids is 1. The van der Waals surface area contributed by atoms with Crippen molar-refractivity contribution < 1.29 is 17.6 Å². The van der Waals surface area contributed by atoms with Crippen LogP contribution in [0.3, 0.4) is 0 Å². The summed E-state index contributed by atoms with van der Waals surface area (Å²) in [6, 6.07) is 13.8. The highest BCUT2D eigenvalue weighted by Gasteiger charge is 2.17. The van der Waals surface area contributed by atoms with Gasteiger partial charge in [0, 0.05) is 46.6 Å². The van der Waals surface area contributed by atoms with Gasteiger partial charge in [-0.3, -0.25) is 19.9 Å². The molecule has 0 radical (unpaired) electrons. The first kappa shape index (κ1) is 28.2. The summed E-state index contributed by atoms with van der Waals surface area (Å²) in [5, 5.41) is 11.2. The van der Waals surface area contributed by atoms with Crippen molar-refractivity contribution >= 4 is 43.4 Å². The minimum absolute atomic E-state index is 0.0734. The average molecular weight is 598 g/mol. The molecule has 0 unspecified atom stereocenters. The van der Waals surface area contributed by atoms with E-state index in [9.17, 15) is 17.6 Å². The van der Waals surface area contributed by atoms with Crippen LogP contribution in [-0.4, -0.2) is 56.5 Å². The van der Waals surface area contributed by atoms with Crippen molar-refractivity contribution in [1.29, 1.82) is 0 Å². The van der Waals surface area contributed by atoms with E-state index >= 15 is 0 Å². The molecule has 218 valence electrons. The molecule has 6 rings (SSSR count). The molecule has 0 aliphatic rings. The number of amides is 1. The number of H-pyrrole nitrogens is 2. The highest BCUT2D eigenvalue weighted by molar-refractivity contribution is 7.90. The molecule has 3 N–H and O–H groups in total. The second-order valence-corrected chi connectivity index (χ2v) is 13.1. The number of hydrogen-bond donors (Lipinski definition) is 3. The molecule has 10 nitrogen and oxygen atoms in total. The third-order valence-corrected chi connectivity index (χ3v) is 7.98. The lowest BCUT2D eigenvalue weighted by Crippen LogP contribution is -2.17. The number of nitrogens with one attached hydrogen (secondary N) is 3. The van der Waals surface area contributed by atoms with Crippen LogP contribution in [0, 0.1) is 11.7 Å². The molecule has 1 amide bonds. The fourth-order valence-corrected chi connectivity index (χ4v) is 5.44. The summed E-state index contributed by atoms with van der Waals surface area (Å²) in [7, 11) is -3.20. The van der Waals surface area contributed by atoms with Gasteiger partial charge in [-0.15, -0.1) is 0 Å². The predicted octanol–water partition coefficient (Wildman–Crippen LogP) is 5.55. The number of hydrogen-bond acceptors (Lipinski definition) is 7. The number of nitrogens with zero attached hydrogens (tertiary/aromatic N) is 4. The van der Waals surface area contributed by atoms with Crippen molar-refractivity contribution in [1.82, 2.24) is 30.1 Å². The van der Waals surface area contributed by atoms with Gasteiger partial charge in [0.15, 0.2) is 0 Å². The number of aromatic amines is 2. The average Bonchev–Trinajstić information content (AvgIpc) is 3.59. The van der Waals surface area contributed by atoms with Crippen molar-refractivity contribution in [2.45, 2.75) is 20.3 Å². The highest BCUT2D eigenvalue weighted by atomic mass is 32.2. The Balaban J connectivity index is 1.38. The van der Waals surface area contributed by atoms with Gasteiger partial charge in [0.2, 0.25) is 5.91 Å². The van der Waals surface area contributed by atoms with Crippen molar-refractivity contribution in [3.8, 4) is 33.9 Å². The second kappa shape index (κ2) is 11.0. The lowest BCUT2D eigenvalue weighted by molar-refractivity contribution is -0.118. The van der Waals surface area contributed by atoms with Crippen LogP contribution in [0.4, 0.5) is 10.1 Å². The predicted molar refractivity (Wildman–Crippen MR) is 164 cm³/mol. The molecule has 1 aromatic carbocycles. The number of rotatable bonds is 8. The standard InChI is InChI=1S/C31H28FN7O3S/c1-17(2)31(40)35-22-13-20(15-33-16-22)24-4-5-26-29(37-24)30(39-38-26)27-14-23-25(36-27)6-8-34-28(23)19-10-18(11-21(32)12-19)7-9-43(3,41)42/h4-6,8,10-17,36H,7,9H2,1-3H3,(H,35,40)(H,38,39). The summed E-state index contributed by atoms with van der Waals surface area (Å²) < 4.78 is 37.9. The third-order valence-electron chi connectivity index (χ3n) is 7.03. The number of halogens is 1. The Labute approximate surface area is 246 Å². The molecule has 0 aliphatic carbocycles. The van der Waals surface area contributed by atoms with Crippen LogP contribution < -0.4 is 5.32 Å². The van der Waals surface area contributed by atoms with E-state index in [4.69, 9.17) is 4.98 Å². The highest BCUT2D eigenvalue weighted by Crippen LogP contribution is 2.34. The smallest absolute Gasteiger partial charge is 0.226 e. The number of aryl methyl sites for hydroxylation is 1. The Morgan fingerprint density at radius 3 is 2.63 bits per heavy atom. The Hall–Kier alpha value is -4.97. The summed E-state index contributed by atoms with van der Waals surface area (Å²) in [5.74, 6) is -0.805. The number of anilines is 1. The molecule has 0 spiro atoms. The molecule has 5 aromatic heterocycles. The van der Waals surface area contributed by atoms with Crippen molar-refractivity contribution in [3.05, 3.63) is 78.5 Å². The largest absolute Gasteiger partial charge is 0.353 e. The third kappa shape index (κ3) is 6.00. The molecule has 0 fully saturated rings. The van der Waals surface area contributed by atoms with Crippen LogP contribution in [0.15, 0.2) is 67.1 Å². The van der Waals surface area contributed by atoms with Gasteiger partial charge in [-0.25, -0.2) is 17.8 Å². The maximum absolute atomic E-state index is 14.6. The Bertz CT molecular complexity index is 2120. The fourth-order valence-electron chi connectivity index (χ4n) is 4.83. The van der Waals surface area contributed by atoms with Crippen LogP contribution >= 0.6 is 0 Å². The van der Waals surface area contributed by atoms with Crippen LogP contribution in [0.1, 0.15) is 19.4 Å². The zero-order chi connectivity index (χ0) is 30.3. The van der Waals surface area contributed by atoms with E-state index < -0.39 is 15.7 Å². The summed E-state index contributed by atoms with van der Waals surface area (Å²) in [5.41, 5.74) is 7.05. The second-order valence-electron chi connectivity index (χ2n) is 10.8. The first-order valence-electron chi connectivity index (χ1n) is 13.6. The van der Waals surface area contributed by atoms with Gasteiger partial charge in [-0.05, 0) is 60.5 Å². The van der Waals surface area contributed by atoms with Crippen molar-refractivity contribution in [2.24, 2.45) is 5.92 Å². The SMILES string of the molecule is CC(C)C(=O)Nc1cncc(-c2ccc3[nH]nc(-c4cc5c(-c6cc(F)cc(CCS(C)(=O)=O)c6)nccc5[nH]4)c3n2)c1. The van der Waals surface area contributed by atoms with Crippen molar-refractivity contribution in [3.63, 3.8) is 0 Å². The molecule has 0 saturated heterocycles. The number of sulfone groups is 1. The Morgan fingerprint density at radius 2 is 1.84 bits per heavy atom. The molecule has 5 heterocycles. The first-order valence-corrected chi connectivity index (χ1v) is 15.7. The van der Waals surface area contributed by atoms with Gasteiger partial charge in [-0.1, -0.05) is 13.8 Å². The summed E-state index contributed by atoms with van der Waals surface area (Å²) >= 11 is 0. The molecule has 12 heteroatoms. The van der Waals surface area contributed by atoms with Gasteiger partial charge in [0.1, 0.15) is 26.9 Å². The van der Waals surface area contributed by atoms with Gasteiger partial charge in [0.05, 0.1) is 40.2 Å². The van der Waals surface area contributed by atoms with E-state index in [-0.39, 0.29) is 24.0 Å². The zero-order valence-electron chi connectivity index (χ0n) is 23.6. The topological polar surface area (TPSA) is 146 Å². The monoisotopic (exact) mass is 597 g/mol. The molecular formula is C31H28FN7O3S. The van der Waals surface area contributed by atoms with Gasteiger partial charge >= 0.3 is 0 Å². The van der Waals surface area contributed by atoms with Crippen LogP contribution in [0.2, 0.25) is 0 Å². The maximum atomic E-state index is 14.6. The molecule has 0 atom stereocenters. The van der Waals surface area contributed by atoms with E-state index in [1.54, 1.807) is 24.7 Å². The van der Waals surface area contributed by atoms with Crippen LogP contribution in [0.25, 0.3) is 55.8 Å². The lowest BCUT2D eigenvalue weighted by atomic mass is 10.0. The number of pyridine rings is 3. The summed E-state index contributed by atoms with van der Waals surface area (Å²) in [6.45, 7) is 3.64. The maximum Gasteiger partial charge on any atom is 0.226 e.